The van der Waals surface area contributed by atoms with Crippen molar-refractivity contribution in [1.29, 1.82) is 0 Å². The highest BCUT2D eigenvalue weighted by Crippen LogP contribution is 2.28. The third-order valence-electron chi connectivity index (χ3n) is 4.19. The van der Waals surface area contributed by atoms with E-state index in [1.807, 2.05) is 35.9 Å². The lowest BCUT2D eigenvalue weighted by molar-refractivity contribution is 0.102. The summed E-state index contributed by atoms with van der Waals surface area (Å²) in [5.74, 6) is -0.219. The molecule has 3 aromatic rings. The zero-order valence-electron chi connectivity index (χ0n) is 13.6. The number of rotatable bonds is 3. The molecule has 0 fully saturated rings. The summed E-state index contributed by atoms with van der Waals surface area (Å²) in [7, 11) is 0. The fourth-order valence-corrected chi connectivity index (χ4v) is 4.08. The van der Waals surface area contributed by atoms with Crippen LogP contribution < -0.4 is 5.32 Å². The molecule has 128 valence electrons. The summed E-state index contributed by atoms with van der Waals surface area (Å²) in [4.78, 5) is 12.7. The van der Waals surface area contributed by atoms with Crippen LogP contribution >= 0.6 is 27.3 Å². The number of aryl methyl sites for hydroxylation is 1. The average molecular weight is 418 g/mol. The topological polar surface area (TPSA) is 72.7 Å². The van der Waals surface area contributed by atoms with Crippen LogP contribution in [0.3, 0.4) is 0 Å². The summed E-state index contributed by atoms with van der Waals surface area (Å²) in [6.45, 7) is 1.86. The Morgan fingerprint density at radius 3 is 2.88 bits per heavy atom. The first kappa shape index (κ1) is 16.4. The van der Waals surface area contributed by atoms with Gasteiger partial charge in [-0.1, -0.05) is 33.3 Å². The molecule has 0 bridgehead atoms. The van der Waals surface area contributed by atoms with Crippen LogP contribution in [0.25, 0.3) is 5.69 Å². The fourth-order valence-electron chi connectivity index (χ4n) is 3.11. The minimum absolute atomic E-state index is 0.219. The van der Waals surface area contributed by atoms with E-state index >= 15 is 0 Å². The number of carbonyl (C=O) groups is 1. The summed E-state index contributed by atoms with van der Waals surface area (Å²) < 4.78 is 2.89. The Hall–Kier alpha value is -2.06. The molecule has 0 saturated carbocycles. The third-order valence-corrected chi connectivity index (χ3v) is 5.44. The van der Waals surface area contributed by atoms with Gasteiger partial charge in [0, 0.05) is 15.7 Å². The maximum absolute atomic E-state index is 12.7. The second-order valence-corrected chi connectivity index (χ2v) is 8.05. The highest BCUT2D eigenvalue weighted by atomic mass is 79.9. The molecule has 1 amide bonds. The number of fused-ring (bicyclic) bond motifs is 1. The van der Waals surface area contributed by atoms with Crippen molar-refractivity contribution in [2.24, 2.45) is 0 Å². The van der Waals surface area contributed by atoms with Gasteiger partial charge in [0.25, 0.3) is 5.91 Å². The number of aromatic nitrogens is 4. The minimum atomic E-state index is -0.219. The lowest BCUT2D eigenvalue weighted by Crippen LogP contribution is -2.15. The van der Waals surface area contributed by atoms with Crippen molar-refractivity contribution < 1.29 is 4.79 Å². The number of anilines is 1. The van der Waals surface area contributed by atoms with Crippen molar-refractivity contribution in [2.45, 2.75) is 32.6 Å². The molecule has 1 aliphatic carbocycles. The first-order chi connectivity index (χ1) is 12.1. The normalized spacial score (nSPS) is 13.5. The summed E-state index contributed by atoms with van der Waals surface area (Å²) in [6.07, 6.45) is 4.00. The number of halogens is 1. The number of nitrogens with zero attached hydrogens (tertiary/aromatic N) is 4. The van der Waals surface area contributed by atoms with Crippen LogP contribution in [0, 0.1) is 6.92 Å². The van der Waals surface area contributed by atoms with Crippen LogP contribution in [-0.2, 0) is 12.8 Å². The van der Waals surface area contributed by atoms with E-state index in [2.05, 4.69) is 36.5 Å². The molecule has 1 aliphatic rings. The molecular weight excluding hydrogens is 402 g/mol. The van der Waals surface area contributed by atoms with Crippen molar-refractivity contribution in [2.75, 3.05) is 5.32 Å². The van der Waals surface area contributed by atoms with Gasteiger partial charge in [0.2, 0.25) is 5.13 Å². The predicted molar refractivity (Wildman–Crippen MR) is 101 cm³/mol. The van der Waals surface area contributed by atoms with E-state index in [9.17, 15) is 4.79 Å². The second kappa shape index (κ2) is 6.68. The van der Waals surface area contributed by atoms with E-state index in [0.717, 1.165) is 52.1 Å². The molecule has 25 heavy (non-hydrogen) atoms. The van der Waals surface area contributed by atoms with E-state index in [1.54, 1.807) is 0 Å². The number of carbonyl (C=O) groups excluding carboxylic acids is 1. The zero-order valence-corrected chi connectivity index (χ0v) is 16.0. The lowest BCUT2D eigenvalue weighted by Gasteiger charge is -2.14. The predicted octanol–water partition coefficient (Wildman–Crippen LogP) is 3.93. The molecule has 2 aromatic heterocycles. The Morgan fingerprint density at radius 1 is 1.28 bits per heavy atom. The van der Waals surface area contributed by atoms with Gasteiger partial charge in [0.15, 0.2) is 5.69 Å². The first-order valence-corrected chi connectivity index (χ1v) is 9.71. The minimum Gasteiger partial charge on any atom is -0.295 e. The van der Waals surface area contributed by atoms with E-state index in [-0.39, 0.29) is 5.91 Å². The van der Waals surface area contributed by atoms with Gasteiger partial charge in [-0.25, -0.2) is 4.68 Å². The fraction of sp³-hybridized carbons (Fsp3) is 0.294. The van der Waals surface area contributed by atoms with E-state index in [4.69, 9.17) is 0 Å². The van der Waals surface area contributed by atoms with E-state index in [1.165, 1.54) is 11.3 Å². The Morgan fingerprint density at radius 2 is 2.12 bits per heavy atom. The number of hydrogen-bond acceptors (Lipinski definition) is 5. The van der Waals surface area contributed by atoms with Crippen molar-refractivity contribution in [1.82, 2.24) is 20.0 Å². The zero-order chi connectivity index (χ0) is 17.4. The van der Waals surface area contributed by atoms with Crippen LogP contribution in [0.2, 0.25) is 0 Å². The molecule has 0 aliphatic heterocycles. The average Bonchev–Trinajstić information content (AvgIpc) is 3.18. The molecule has 1 N–H and O–H groups in total. The van der Waals surface area contributed by atoms with Gasteiger partial charge < -0.3 is 0 Å². The summed E-state index contributed by atoms with van der Waals surface area (Å²) in [5.41, 5.74) is 3.62. The Kier molecular flexibility index (Phi) is 4.39. The molecular formula is C17H16BrN5OS. The van der Waals surface area contributed by atoms with Gasteiger partial charge in [0.05, 0.1) is 5.69 Å². The maximum Gasteiger partial charge on any atom is 0.278 e. The first-order valence-electron chi connectivity index (χ1n) is 8.10. The van der Waals surface area contributed by atoms with Gasteiger partial charge in [-0.2, -0.15) is 5.10 Å². The monoisotopic (exact) mass is 417 g/mol. The van der Waals surface area contributed by atoms with E-state index in [0.29, 0.717) is 10.8 Å². The lowest BCUT2D eigenvalue weighted by atomic mass is 9.95. The molecule has 0 spiro atoms. The SMILES string of the molecule is Cc1nnc(NC(=O)c2nn(-c3cccc(Br)c3)c3c2CCCC3)s1. The van der Waals surface area contributed by atoms with Crippen LogP contribution in [0.5, 0.6) is 0 Å². The van der Waals surface area contributed by atoms with Crippen LogP contribution in [-0.4, -0.2) is 25.9 Å². The molecule has 0 unspecified atom stereocenters. The standard InChI is InChI=1S/C17H16BrN5OS/c1-10-20-21-17(25-10)19-16(24)15-13-7-2-3-8-14(13)23(22-15)12-6-4-5-11(18)9-12/h4-6,9H,2-3,7-8H2,1H3,(H,19,21,24). The van der Waals surface area contributed by atoms with Crippen LogP contribution in [0.4, 0.5) is 5.13 Å². The molecule has 8 heteroatoms. The Bertz CT molecular complexity index is 948. The van der Waals surface area contributed by atoms with Gasteiger partial charge in [0.1, 0.15) is 5.01 Å². The maximum atomic E-state index is 12.7. The molecule has 0 saturated heterocycles. The van der Waals surface area contributed by atoms with Gasteiger partial charge in [-0.3, -0.25) is 10.1 Å². The molecule has 4 rings (SSSR count). The number of nitrogens with one attached hydrogen (secondary N) is 1. The van der Waals surface area contributed by atoms with Crippen molar-refractivity contribution in [3.05, 3.63) is 50.7 Å². The van der Waals surface area contributed by atoms with Crippen molar-refractivity contribution in [3.8, 4) is 5.69 Å². The summed E-state index contributed by atoms with van der Waals surface area (Å²) in [5, 5.41) is 16.7. The highest BCUT2D eigenvalue weighted by Gasteiger charge is 2.26. The van der Waals surface area contributed by atoms with Gasteiger partial charge in [-0.15, -0.1) is 10.2 Å². The third kappa shape index (κ3) is 3.23. The Labute approximate surface area is 157 Å². The van der Waals surface area contributed by atoms with E-state index < -0.39 is 0 Å². The molecule has 6 nitrogen and oxygen atoms in total. The highest BCUT2D eigenvalue weighted by molar-refractivity contribution is 9.10. The number of amides is 1. The number of benzene rings is 1. The molecule has 1 aromatic carbocycles. The van der Waals surface area contributed by atoms with Crippen molar-refractivity contribution in [3.63, 3.8) is 0 Å². The Balaban J connectivity index is 1.74. The quantitative estimate of drug-likeness (QED) is 0.700. The van der Waals surface area contributed by atoms with Gasteiger partial charge >= 0.3 is 0 Å². The second-order valence-electron chi connectivity index (χ2n) is 5.95. The van der Waals surface area contributed by atoms with Crippen molar-refractivity contribution >= 4 is 38.3 Å². The van der Waals surface area contributed by atoms with Gasteiger partial charge in [-0.05, 0) is 50.8 Å². The summed E-state index contributed by atoms with van der Waals surface area (Å²) in [6, 6.07) is 7.96. The van der Waals surface area contributed by atoms with Crippen LogP contribution in [0.15, 0.2) is 28.7 Å². The molecule has 2 heterocycles. The van der Waals surface area contributed by atoms with Crippen LogP contribution in [0.1, 0.15) is 39.6 Å². The largest absolute Gasteiger partial charge is 0.295 e. The molecule has 0 radical (unpaired) electrons. The smallest absolute Gasteiger partial charge is 0.278 e. The summed E-state index contributed by atoms with van der Waals surface area (Å²) >= 11 is 4.86. The molecule has 0 atom stereocenters. The number of hydrogen-bond donors (Lipinski definition) is 1.